The maximum atomic E-state index is 12.5. The Morgan fingerprint density at radius 1 is 1.04 bits per heavy atom. The van der Waals surface area contributed by atoms with Crippen LogP contribution in [0.3, 0.4) is 0 Å². The summed E-state index contributed by atoms with van der Waals surface area (Å²) in [6, 6.07) is 9.28. The van der Waals surface area contributed by atoms with E-state index in [0.29, 0.717) is 13.1 Å². The smallest absolute Gasteiger partial charge is 0.340 e. The number of hydrogen-bond acceptors (Lipinski definition) is 6. The number of rotatable bonds is 6. The Morgan fingerprint density at radius 3 is 2.43 bits per heavy atom. The minimum atomic E-state index is -3.79. The maximum absolute atomic E-state index is 12.5. The third-order valence-corrected chi connectivity index (χ3v) is 7.20. The molecule has 150 valence electrons. The first-order valence-electron chi connectivity index (χ1n) is 9.07. The number of anilines is 1. The first-order valence-corrected chi connectivity index (χ1v) is 11.4. The molecule has 2 heterocycles. The van der Waals surface area contributed by atoms with Gasteiger partial charge < -0.3 is 9.64 Å². The highest BCUT2D eigenvalue weighted by Crippen LogP contribution is 2.23. The molecule has 0 spiro atoms. The van der Waals surface area contributed by atoms with E-state index in [1.165, 1.54) is 18.2 Å². The van der Waals surface area contributed by atoms with Crippen molar-refractivity contribution in [3.63, 3.8) is 0 Å². The maximum Gasteiger partial charge on any atom is 0.340 e. The van der Waals surface area contributed by atoms with Crippen molar-refractivity contribution in [2.75, 3.05) is 24.4 Å². The molecule has 28 heavy (non-hydrogen) atoms. The van der Waals surface area contributed by atoms with Gasteiger partial charge in [-0.25, -0.2) is 13.2 Å². The van der Waals surface area contributed by atoms with Crippen LogP contribution in [-0.4, -0.2) is 44.9 Å². The lowest BCUT2D eigenvalue weighted by atomic mass is 10.2. The van der Waals surface area contributed by atoms with E-state index >= 15 is 0 Å². The summed E-state index contributed by atoms with van der Waals surface area (Å²) in [7, 11) is -3.79. The van der Waals surface area contributed by atoms with Gasteiger partial charge in [-0.05, 0) is 36.4 Å². The summed E-state index contributed by atoms with van der Waals surface area (Å²) in [4.78, 5) is 26.5. The second-order valence-electron chi connectivity index (χ2n) is 6.45. The summed E-state index contributed by atoms with van der Waals surface area (Å²) in [5, 5.41) is 1.66. The van der Waals surface area contributed by atoms with Crippen molar-refractivity contribution in [1.29, 1.82) is 0 Å². The van der Waals surface area contributed by atoms with Crippen molar-refractivity contribution in [1.82, 2.24) is 4.90 Å². The van der Waals surface area contributed by atoms with Gasteiger partial charge in [0, 0.05) is 13.1 Å². The Balaban J connectivity index is 1.66. The van der Waals surface area contributed by atoms with Crippen LogP contribution in [0.15, 0.2) is 46.0 Å². The zero-order chi connectivity index (χ0) is 20.0. The lowest BCUT2D eigenvalue weighted by Crippen LogP contribution is -2.35. The summed E-state index contributed by atoms with van der Waals surface area (Å²) < 4.78 is 32.6. The Kier molecular flexibility index (Phi) is 6.69. The van der Waals surface area contributed by atoms with Crippen LogP contribution in [0, 0.1) is 0 Å². The zero-order valence-corrected chi connectivity index (χ0v) is 16.9. The van der Waals surface area contributed by atoms with E-state index in [9.17, 15) is 18.0 Å². The molecule has 3 rings (SSSR count). The number of esters is 1. The van der Waals surface area contributed by atoms with Gasteiger partial charge in [0.1, 0.15) is 4.21 Å². The molecular weight excluding hydrogens is 400 g/mol. The summed E-state index contributed by atoms with van der Waals surface area (Å²) in [6.07, 6.45) is 4.10. The average molecular weight is 423 g/mol. The van der Waals surface area contributed by atoms with Crippen LogP contribution in [0.4, 0.5) is 5.69 Å². The Labute approximate surface area is 168 Å². The molecule has 1 saturated heterocycles. The third-order valence-electron chi connectivity index (χ3n) is 4.44. The molecule has 0 radical (unpaired) electrons. The number of benzene rings is 1. The molecule has 1 N–H and O–H groups in total. The van der Waals surface area contributed by atoms with Gasteiger partial charge in [-0.1, -0.05) is 31.0 Å². The standard InChI is InChI=1S/C19H22N2O5S2/c22-17(21-11-5-1-2-6-12-21)14-26-19(23)15-8-3-4-9-16(15)20-28(24,25)18-10-7-13-27-18/h3-4,7-10,13,20H,1-2,5-6,11-12,14H2. The fourth-order valence-corrected chi connectivity index (χ4v) is 5.05. The molecule has 1 aromatic carbocycles. The van der Waals surface area contributed by atoms with Crippen LogP contribution in [0.1, 0.15) is 36.0 Å². The van der Waals surface area contributed by atoms with Gasteiger partial charge in [-0.3, -0.25) is 9.52 Å². The highest BCUT2D eigenvalue weighted by molar-refractivity contribution is 7.94. The van der Waals surface area contributed by atoms with Crippen LogP contribution < -0.4 is 4.72 Å². The molecule has 1 fully saturated rings. The number of carbonyl (C=O) groups excluding carboxylic acids is 2. The monoisotopic (exact) mass is 422 g/mol. The quantitative estimate of drug-likeness (QED) is 0.722. The van der Waals surface area contributed by atoms with Gasteiger partial charge in [0.05, 0.1) is 11.3 Å². The van der Waals surface area contributed by atoms with Crippen molar-refractivity contribution in [3.8, 4) is 0 Å². The molecule has 1 aliphatic heterocycles. The van der Waals surface area contributed by atoms with Crippen LogP contribution >= 0.6 is 11.3 Å². The molecule has 0 atom stereocenters. The number of ether oxygens (including phenoxy) is 1. The van der Waals surface area contributed by atoms with Crippen LogP contribution in [0.25, 0.3) is 0 Å². The first-order chi connectivity index (χ1) is 13.5. The van der Waals surface area contributed by atoms with Crippen LogP contribution in [-0.2, 0) is 19.6 Å². The second kappa shape index (κ2) is 9.20. The highest BCUT2D eigenvalue weighted by Gasteiger charge is 2.22. The predicted molar refractivity (Wildman–Crippen MR) is 107 cm³/mol. The predicted octanol–water partition coefficient (Wildman–Crippen LogP) is 3.11. The Bertz CT molecular complexity index is 918. The van der Waals surface area contributed by atoms with Crippen molar-refractivity contribution in [3.05, 3.63) is 47.3 Å². The number of nitrogens with one attached hydrogen (secondary N) is 1. The van der Waals surface area contributed by atoms with Crippen molar-refractivity contribution >= 4 is 38.9 Å². The van der Waals surface area contributed by atoms with E-state index in [2.05, 4.69) is 4.72 Å². The van der Waals surface area contributed by atoms with Crippen molar-refractivity contribution in [2.24, 2.45) is 0 Å². The number of carbonyl (C=O) groups is 2. The summed E-state index contributed by atoms with van der Waals surface area (Å²) >= 11 is 1.08. The lowest BCUT2D eigenvalue weighted by molar-refractivity contribution is -0.134. The molecule has 9 heteroatoms. The normalized spacial score (nSPS) is 14.9. The minimum Gasteiger partial charge on any atom is -0.452 e. The number of amides is 1. The van der Waals surface area contributed by atoms with Crippen molar-refractivity contribution in [2.45, 2.75) is 29.9 Å². The molecule has 0 saturated carbocycles. The molecule has 0 unspecified atom stereocenters. The van der Waals surface area contributed by atoms with Crippen LogP contribution in [0.2, 0.25) is 0 Å². The first kappa shape index (κ1) is 20.3. The Morgan fingerprint density at radius 2 is 1.75 bits per heavy atom. The zero-order valence-electron chi connectivity index (χ0n) is 15.3. The van der Waals surface area contributed by atoms with Gasteiger partial charge in [0.25, 0.3) is 15.9 Å². The van der Waals surface area contributed by atoms with E-state index in [1.807, 2.05) is 0 Å². The average Bonchev–Trinajstić information content (AvgIpc) is 3.10. The van der Waals surface area contributed by atoms with E-state index in [0.717, 1.165) is 37.0 Å². The highest BCUT2D eigenvalue weighted by atomic mass is 32.2. The van der Waals surface area contributed by atoms with Gasteiger partial charge in [0.2, 0.25) is 0 Å². The SMILES string of the molecule is O=C(OCC(=O)N1CCCCCC1)c1ccccc1NS(=O)(=O)c1cccs1. The molecule has 1 amide bonds. The van der Waals surface area contributed by atoms with Crippen LogP contribution in [0.5, 0.6) is 0 Å². The van der Waals surface area contributed by atoms with Crippen molar-refractivity contribution < 1.29 is 22.7 Å². The molecular formula is C19H22N2O5S2. The molecule has 1 aliphatic rings. The van der Waals surface area contributed by atoms with Gasteiger partial charge in [0.15, 0.2) is 6.61 Å². The Hall–Kier alpha value is -2.39. The molecule has 0 bridgehead atoms. The number of nitrogens with zero attached hydrogens (tertiary/aromatic N) is 1. The van der Waals surface area contributed by atoms with Gasteiger partial charge in [-0.2, -0.15) is 0 Å². The number of para-hydroxylation sites is 1. The minimum absolute atomic E-state index is 0.0614. The van der Waals surface area contributed by atoms with E-state index < -0.39 is 16.0 Å². The number of sulfonamides is 1. The molecule has 0 aliphatic carbocycles. The molecule has 1 aromatic heterocycles. The third kappa shape index (κ3) is 5.11. The number of likely N-dealkylation sites (tertiary alicyclic amines) is 1. The summed E-state index contributed by atoms with van der Waals surface area (Å²) in [5.74, 6) is -0.973. The van der Waals surface area contributed by atoms with Gasteiger partial charge >= 0.3 is 5.97 Å². The lowest BCUT2D eigenvalue weighted by Gasteiger charge is -2.20. The summed E-state index contributed by atoms with van der Waals surface area (Å²) in [5.41, 5.74) is 0.175. The summed E-state index contributed by atoms with van der Waals surface area (Å²) in [6.45, 7) is 0.992. The fraction of sp³-hybridized carbons (Fsp3) is 0.368. The van der Waals surface area contributed by atoms with E-state index in [1.54, 1.807) is 28.5 Å². The molecule has 7 nitrogen and oxygen atoms in total. The largest absolute Gasteiger partial charge is 0.452 e. The van der Waals surface area contributed by atoms with E-state index in [-0.39, 0.29) is 28.0 Å². The molecule has 2 aromatic rings. The van der Waals surface area contributed by atoms with Gasteiger partial charge in [-0.15, -0.1) is 11.3 Å². The second-order valence-corrected chi connectivity index (χ2v) is 9.31. The topological polar surface area (TPSA) is 92.8 Å². The number of thiophene rings is 1. The number of hydrogen-bond donors (Lipinski definition) is 1. The fourth-order valence-electron chi connectivity index (χ4n) is 2.98. The van der Waals surface area contributed by atoms with E-state index in [4.69, 9.17) is 4.74 Å².